The number of halogens is 3. The van der Waals surface area contributed by atoms with Crippen LogP contribution in [0.2, 0.25) is 0 Å². The van der Waals surface area contributed by atoms with E-state index in [0.29, 0.717) is 0 Å². The second kappa shape index (κ2) is 16.6. The van der Waals surface area contributed by atoms with Crippen molar-refractivity contribution < 1.29 is 17.4 Å². The normalized spacial score (nSPS) is 10.5. The van der Waals surface area contributed by atoms with Gasteiger partial charge in [-0.05, 0) is 37.8 Å². The second-order valence-corrected chi connectivity index (χ2v) is 7.02. The molecular weight excluding hydrogens is 435 g/mol. The first kappa shape index (κ1) is 27.7. The van der Waals surface area contributed by atoms with Gasteiger partial charge in [-0.2, -0.15) is 11.8 Å². The monoisotopic (exact) mass is 460 g/mol. The highest BCUT2D eigenvalue weighted by Crippen LogP contribution is 2.11. The minimum atomic E-state index is 0. The SMILES string of the molecule is CSC(NCCSCc1nc[nH]c1C)=[NH+]CCCc1cnc[nH]1.Cl.Cl.[Cl-]. The molecule has 0 aliphatic rings. The average molecular weight is 462 g/mol. The van der Waals surface area contributed by atoms with Gasteiger partial charge in [-0.15, -0.1) is 24.8 Å². The fraction of sp³-hybridized carbons (Fsp3) is 0.533. The molecule has 2 aromatic rings. The fourth-order valence-corrected chi connectivity index (χ4v) is 3.42. The van der Waals surface area contributed by atoms with E-state index in [1.165, 1.54) is 11.4 Å². The van der Waals surface area contributed by atoms with E-state index in [-0.39, 0.29) is 37.2 Å². The third-order valence-electron chi connectivity index (χ3n) is 3.37. The maximum atomic E-state index is 4.31. The zero-order chi connectivity index (χ0) is 16.3. The molecule has 0 saturated heterocycles. The molecule has 26 heavy (non-hydrogen) atoms. The summed E-state index contributed by atoms with van der Waals surface area (Å²) in [5.41, 5.74) is 3.51. The van der Waals surface area contributed by atoms with Gasteiger partial charge in [0.25, 0.3) is 0 Å². The molecule has 0 saturated carbocycles. The van der Waals surface area contributed by atoms with Crippen LogP contribution >= 0.6 is 48.3 Å². The van der Waals surface area contributed by atoms with E-state index in [4.69, 9.17) is 0 Å². The molecule has 0 aliphatic carbocycles. The van der Waals surface area contributed by atoms with Crippen molar-refractivity contribution in [2.24, 2.45) is 0 Å². The number of nitrogens with zero attached hydrogens (tertiary/aromatic N) is 2. The Morgan fingerprint density at radius 1 is 1.27 bits per heavy atom. The predicted molar refractivity (Wildman–Crippen MR) is 113 cm³/mol. The molecule has 0 fully saturated rings. The first-order chi connectivity index (χ1) is 11.3. The quantitative estimate of drug-likeness (QED) is 0.208. The molecule has 2 heterocycles. The van der Waals surface area contributed by atoms with Crippen LogP contribution in [0.4, 0.5) is 0 Å². The topological polar surface area (TPSA) is 83.4 Å². The fourth-order valence-electron chi connectivity index (χ4n) is 2.05. The van der Waals surface area contributed by atoms with E-state index in [1.54, 1.807) is 24.4 Å². The molecule has 2 aromatic heterocycles. The van der Waals surface area contributed by atoms with Gasteiger partial charge in [0, 0.05) is 29.1 Å². The van der Waals surface area contributed by atoms with Crippen molar-refractivity contribution in [2.75, 3.05) is 25.1 Å². The van der Waals surface area contributed by atoms with Crippen LogP contribution in [-0.4, -0.2) is 50.2 Å². The zero-order valence-corrected chi connectivity index (χ0v) is 18.9. The van der Waals surface area contributed by atoms with Crippen LogP contribution in [0.1, 0.15) is 23.5 Å². The van der Waals surface area contributed by atoms with Crippen molar-refractivity contribution in [1.82, 2.24) is 25.3 Å². The molecule has 0 amide bonds. The Bertz CT molecular complexity index is 592. The molecule has 4 N–H and O–H groups in total. The van der Waals surface area contributed by atoms with Crippen molar-refractivity contribution in [2.45, 2.75) is 25.5 Å². The molecule has 11 heteroatoms. The van der Waals surface area contributed by atoms with Gasteiger partial charge in [0.1, 0.15) is 0 Å². The van der Waals surface area contributed by atoms with Gasteiger partial charge in [0.15, 0.2) is 0 Å². The van der Waals surface area contributed by atoms with E-state index in [2.05, 4.69) is 43.4 Å². The standard InChI is InChI=1S/C15H24N6S2.3ClH/c1-12-14(21-11-19-12)9-23-7-6-18-15(22-2)17-5-3-4-13-8-16-10-20-13;;;/h8,10-11H,3-7,9H2,1-2H3,(H,16,20)(H,17,18)(H,19,21);3*1H. The van der Waals surface area contributed by atoms with Crippen LogP contribution in [0.3, 0.4) is 0 Å². The minimum absolute atomic E-state index is 0. The lowest BCUT2D eigenvalue weighted by Crippen LogP contribution is -3.00. The second-order valence-electron chi connectivity index (χ2n) is 5.09. The predicted octanol–water partition coefficient (Wildman–Crippen LogP) is -1.46. The maximum Gasteiger partial charge on any atom is 0.303 e. The summed E-state index contributed by atoms with van der Waals surface area (Å²) >= 11 is 3.62. The molecular formula is C15H27Cl3N6S2. The molecule has 6 nitrogen and oxygen atoms in total. The molecule has 0 radical (unpaired) electrons. The number of rotatable bonds is 9. The summed E-state index contributed by atoms with van der Waals surface area (Å²) in [6.07, 6.45) is 9.57. The van der Waals surface area contributed by atoms with Crippen LogP contribution in [-0.2, 0) is 12.2 Å². The van der Waals surface area contributed by atoms with Gasteiger partial charge in [-0.25, -0.2) is 9.97 Å². The summed E-state index contributed by atoms with van der Waals surface area (Å²) in [5, 5.41) is 4.60. The summed E-state index contributed by atoms with van der Waals surface area (Å²) in [6, 6.07) is 0. The number of H-pyrrole nitrogens is 2. The lowest BCUT2D eigenvalue weighted by atomic mass is 10.2. The van der Waals surface area contributed by atoms with Crippen LogP contribution in [0.25, 0.3) is 0 Å². The largest absolute Gasteiger partial charge is 1.00 e. The lowest BCUT2D eigenvalue weighted by molar-refractivity contribution is -0.456. The van der Waals surface area contributed by atoms with Crippen LogP contribution < -0.4 is 22.7 Å². The molecule has 0 atom stereocenters. The third kappa shape index (κ3) is 10.6. The maximum absolute atomic E-state index is 4.31. The number of aryl methyl sites for hydroxylation is 2. The van der Waals surface area contributed by atoms with E-state index in [1.807, 2.05) is 18.0 Å². The summed E-state index contributed by atoms with van der Waals surface area (Å²) in [7, 11) is 0. The molecule has 2 rings (SSSR count). The highest BCUT2D eigenvalue weighted by molar-refractivity contribution is 8.12. The number of aromatic amines is 2. The number of hydrogen-bond donors (Lipinski definition) is 4. The Labute approximate surface area is 182 Å². The van der Waals surface area contributed by atoms with E-state index >= 15 is 0 Å². The molecule has 0 bridgehead atoms. The third-order valence-corrected chi connectivity index (χ3v) is 5.04. The van der Waals surface area contributed by atoms with Crippen LogP contribution in [0.15, 0.2) is 18.9 Å². The highest BCUT2D eigenvalue weighted by atomic mass is 35.5. The highest BCUT2D eigenvalue weighted by Gasteiger charge is 2.05. The number of aromatic nitrogens is 4. The summed E-state index contributed by atoms with van der Waals surface area (Å²) in [4.78, 5) is 18.0. The summed E-state index contributed by atoms with van der Waals surface area (Å²) < 4.78 is 0. The van der Waals surface area contributed by atoms with E-state index < -0.39 is 0 Å². The van der Waals surface area contributed by atoms with Crippen molar-refractivity contribution in [3.8, 4) is 0 Å². The van der Waals surface area contributed by atoms with Gasteiger partial charge in [0.2, 0.25) is 0 Å². The van der Waals surface area contributed by atoms with Gasteiger partial charge in [-0.3, -0.25) is 10.3 Å². The van der Waals surface area contributed by atoms with Gasteiger partial charge in [0.05, 0.1) is 31.4 Å². The number of thioether (sulfide) groups is 2. The van der Waals surface area contributed by atoms with Crippen molar-refractivity contribution >= 4 is 53.5 Å². The van der Waals surface area contributed by atoms with Crippen molar-refractivity contribution in [3.63, 3.8) is 0 Å². The number of amidine groups is 1. The summed E-state index contributed by atoms with van der Waals surface area (Å²) in [6.45, 7) is 3.98. The van der Waals surface area contributed by atoms with Gasteiger partial charge in [-0.1, -0.05) is 0 Å². The first-order valence-electron chi connectivity index (χ1n) is 7.72. The van der Waals surface area contributed by atoms with E-state index in [0.717, 1.165) is 48.3 Å². The molecule has 0 unspecified atom stereocenters. The zero-order valence-electron chi connectivity index (χ0n) is 14.9. The minimum Gasteiger partial charge on any atom is -1.00 e. The molecule has 150 valence electrons. The van der Waals surface area contributed by atoms with Gasteiger partial charge < -0.3 is 22.4 Å². The Morgan fingerprint density at radius 2 is 2.08 bits per heavy atom. The number of imidazole rings is 2. The van der Waals surface area contributed by atoms with Crippen molar-refractivity contribution in [1.29, 1.82) is 0 Å². The van der Waals surface area contributed by atoms with E-state index in [9.17, 15) is 0 Å². The molecule has 0 aliphatic heterocycles. The van der Waals surface area contributed by atoms with Crippen LogP contribution in [0, 0.1) is 6.92 Å². The number of nitrogens with one attached hydrogen (secondary N) is 4. The van der Waals surface area contributed by atoms with Crippen LogP contribution in [0.5, 0.6) is 0 Å². The Balaban J connectivity index is 0. The Kier molecular flexibility index (Phi) is 17.7. The Morgan fingerprint density at radius 3 is 2.69 bits per heavy atom. The average Bonchev–Trinajstić information content (AvgIpc) is 3.21. The first-order valence-corrected chi connectivity index (χ1v) is 10.1. The Hall–Kier alpha value is -0.540. The van der Waals surface area contributed by atoms with Gasteiger partial charge >= 0.3 is 5.17 Å². The lowest BCUT2D eigenvalue weighted by Gasteiger charge is -2.02. The number of hydrogen-bond acceptors (Lipinski definition) is 4. The smallest absolute Gasteiger partial charge is 0.303 e. The van der Waals surface area contributed by atoms with Crippen molar-refractivity contribution in [3.05, 3.63) is 35.9 Å². The molecule has 0 aromatic carbocycles. The summed E-state index contributed by atoms with van der Waals surface area (Å²) in [5.74, 6) is 2.02. The molecule has 0 spiro atoms.